The molecule has 6 aromatic rings. The first kappa shape index (κ1) is 25.7. The maximum absolute atomic E-state index is 8.12. The third-order valence-electron chi connectivity index (χ3n) is 7.18. The predicted molar refractivity (Wildman–Crippen MR) is 174 cm³/mol. The quantitative estimate of drug-likeness (QED) is 0.122. The van der Waals surface area contributed by atoms with Gasteiger partial charge >= 0.3 is 0 Å². The fourth-order valence-electron chi connectivity index (χ4n) is 5.31. The van der Waals surface area contributed by atoms with Crippen molar-refractivity contribution in [3.63, 3.8) is 0 Å². The Bertz CT molecular complexity index is 1910. The van der Waals surface area contributed by atoms with Crippen molar-refractivity contribution in [2.45, 2.75) is 0 Å². The van der Waals surface area contributed by atoms with Crippen LogP contribution < -0.4 is 5.73 Å². The van der Waals surface area contributed by atoms with Crippen molar-refractivity contribution >= 4 is 44.2 Å². The minimum absolute atomic E-state index is 0.248. The molecule has 0 spiro atoms. The molecule has 0 unspecified atom stereocenters. The highest BCUT2D eigenvalue weighted by Gasteiger charge is 2.18. The fourth-order valence-corrected chi connectivity index (χ4v) is 5.31. The minimum atomic E-state index is 0.248. The molecule has 0 bridgehead atoms. The third-order valence-corrected chi connectivity index (χ3v) is 7.18. The van der Waals surface area contributed by atoms with Gasteiger partial charge in [0.1, 0.15) is 0 Å². The molecule has 4 heteroatoms. The van der Waals surface area contributed by atoms with Gasteiger partial charge in [0, 0.05) is 23.6 Å². The van der Waals surface area contributed by atoms with E-state index in [-0.39, 0.29) is 11.4 Å². The smallest absolute Gasteiger partial charge is 0.0795 e. The van der Waals surface area contributed by atoms with Crippen molar-refractivity contribution < 1.29 is 0 Å². The average Bonchev–Trinajstić information content (AvgIpc) is 3.02. The normalized spacial score (nSPS) is 12.6. The van der Waals surface area contributed by atoms with E-state index in [9.17, 15) is 0 Å². The second-order valence-corrected chi connectivity index (χ2v) is 9.83. The maximum atomic E-state index is 8.12. The van der Waals surface area contributed by atoms with Gasteiger partial charge in [-0.3, -0.25) is 15.8 Å². The predicted octanol–water partition coefficient (Wildman–Crippen LogP) is 8.98. The summed E-state index contributed by atoms with van der Waals surface area (Å²) in [7, 11) is 0. The molecule has 41 heavy (non-hydrogen) atoms. The van der Waals surface area contributed by atoms with Crippen LogP contribution in [0.3, 0.4) is 0 Å². The first-order valence-electron chi connectivity index (χ1n) is 13.4. The highest BCUT2D eigenvalue weighted by molar-refractivity contribution is 6.50. The number of aromatic nitrogens is 1. The van der Waals surface area contributed by atoms with Gasteiger partial charge in [0.15, 0.2) is 0 Å². The van der Waals surface area contributed by atoms with Crippen LogP contribution in [0.4, 0.5) is 5.69 Å². The molecule has 7 rings (SSSR count). The number of hydrogen-bond donors (Lipinski definition) is 3. The Balaban J connectivity index is 0.000000195. The van der Waals surface area contributed by atoms with Crippen LogP contribution in [0.15, 0.2) is 146 Å². The molecule has 0 radical (unpaired) electrons. The zero-order chi connectivity index (χ0) is 28.2. The molecule has 0 saturated carbocycles. The molecule has 1 aromatic heterocycles. The van der Waals surface area contributed by atoms with Gasteiger partial charge < -0.3 is 5.73 Å². The van der Waals surface area contributed by atoms with Gasteiger partial charge in [-0.05, 0) is 79.7 Å². The minimum Gasteiger partial charge on any atom is -0.399 e. The second-order valence-electron chi connectivity index (χ2n) is 9.83. The first-order chi connectivity index (χ1) is 20.1. The lowest BCUT2D eigenvalue weighted by atomic mass is 9.84. The molecule has 4 N–H and O–H groups in total. The monoisotopic (exact) mass is 528 g/mol. The summed E-state index contributed by atoms with van der Waals surface area (Å²) in [4.78, 5) is 4.05. The Morgan fingerprint density at radius 3 is 1.68 bits per heavy atom. The van der Waals surface area contributed by atoms with Gasteiger partial charge in [-0.1, -0.05) is 103 Å². The van der Waals surface area contributed by atoms with Crippen LogP contribution in [-0.2, 0) is 0 Å². The van der Waals surface area contributed by atoms with E-state index in [0.717, 1.165) is 38.7 Å². The standard InChI is InChI=1S/C26H18N2.C11H10N2/c27-23-15-14-18(16-24(23)28)26-21-12-6-4-10-19(21)25(17-8-2-1-3-9-17)20-11-5-7-13-22(20)26;12-11-5-1-3-9(7-11)10-4-2-6-13-8-10/h1-16,27-28H;1-8H,12H2. The molecule has 1 aliphatic rings. The summed E-state index contributed by atoms with van der Waals surface area (Å²) in [6.07, 6.45) is 9.06. The summed E-state index contributed by atoms with van der Waals surface area (Å²) in [5.74, 6) is 0. The number of anilines is 1. The lowest BCUT2D eigenvalue weighted by Crippen LogP contribution is -2.10. The lowest BCUT2D eigenvalue weighted by molar-refractivity contribution is 1.33. The van der Waals surface area contributed by atoms with Crippen LogP contribution in [0.2, 0.25) is 0 Å². The number of nitrogen functional groups attached to an aromatic ring is 1. The molecule has 0 aliphatic heterocycles. The Morgan fingerprint density at radius 2 is 1.10 bits per heavy atom. The molecule has 5 aromatic carbocycles. The molecule has 1 aliphatic carbocycles. The Kier molecular flexibility index (Phi) is 7.04. The highest BCUT2D eigenvalue weighted by atomic mass is 14.6. The number of rotatable bonds is 3. The van der Waals surface area contributed by atoms with Crippen molar-refractivity contribution in [3.05, 3.63) is 151 Å². The van der Waals surface area contributed by atoms with Crippen LogP contribution in [0.25, 0.3) is 49.4 Å². The number of nitrogens with two attached hydrogens (primary N) is 1. The average molecular weight is 529 g/mol. The summed E-state index contributed by atoms with van der Waals surface area (Å²) in [5, 5.41) is 20.7. The van der Waals surface area contributed by atoms with Gasteiger partial charge in [0.25, 0.3) is 0 Å². The van der Waals surface area contributed by atoms with E-state index < -0.39 is 0 Å². The molecular formula is C37H28N4. The zero-order valence-electron chi connectivity index (χ0n) is 22.4. The van der Waals surface area contributed by atoms with E-state index in [1.165, 1.54) is 21.9 Å². The van der Waals surface area contributed by atoms with E-state index in [2.05, 4.69) is 77.8 Å². The van der Waals surface area contributed by atoms with Gasteiger partial charge in [-0.25, -0.2) is 0 Å². The van der Waals surface area contributed by atoms with E-state index in [4.69, 9.17) is 16.6 Å². The van der Waals surface area contributed by atoms with Crippen LogP contribution in [-0.4, -0.2) is 16.4 Å². The Morgan fingerprint density at radius 1 is 0.512 bits per heavy atom. The van der Waals surface area contributed by atoms with Gasteiger partial charge in [-0.15, -0.1) is 0 Å². The Hall–Kier alpha value is -5.61. The largest absolute Gasteiger partial charge is 0.399 e. The summed E-state index contributed by atoms with van der Waals surface area (Å²) in [6.45, 7) is 0. The number of nitrogens with zero attached hydrogens (tertiary/aromatic N) is 1. The highest BCUT2D eigenvalue weighted by Crippen LogP contribution is 2.42. The van der Waals surface area contributed by atoms with Crippen molar-refractivity contribution in [2.24, 2.45) is 0 Å². The maximum Gasteiger partial charge on any atom is 0.0795 e. The topological polar surface area (TPSA) is 86.6 Å². The number of pyridine rings is 1. The SMILES string of the molecule is N=C1C=CC(c2c3ccccc3c(-c3ccccc3)c3ccccc23)=CC1=N.Nc1cccc(-c2cccnc2)c1. The van der Waals surface area contributed by atoms with Crippen molar-refractivity contribution in [3.8, 4) is 22.3 Å². The van der Waals surface area contributed by atoms with Crippen molar-refractivity contribution in [2.75, 3.05) is 5.73 Å². The number of fused-ring (bicyclic) bond motifs is 2. The van der Waals surface area contributed by atoms with Crippen molar-refractivity contribution in [1.29, 1.82) is 10.8 Å². The Labute approximate surface area is 239 Å². The number of allylic oxidation sites excluding steroid dienone is 4. The van der Waals surface area contributed by atoms with Crippen LogP contribution in [0, 0.1) is 10.8 Å². The third kappa shape index (κ3) is 5.19. The van der Waals surface area contributed by atoms with E-state index >= 15 is 0 Å². The van der Waals surface area contributed by atoms with Gasteiger partial charge in [0.05, 0.1) is 11.4 Å². The molecule has 4 nitrogen and oxygen atoms in total. The van der Waals surface area contributed by atoms with Gasteiger partial charge in [0.2, 0.25) is 0 Å². The summed E-state index contributed by atoms with van der Waals surface area (Å²) in [5.41, 5.74) is 13.7. The van der Waals surface area contributed by atoms with Crippen LogP contribution >= 0.6 is 0 Å². The molecule has 1 heterocycles. The van der Waals surface area contributed by atoms with E-state index in [0.29, 0.717) is 0 Å². The molecular weight excluding hydrogens is 500 g/mol. The number of nitrogens with one attached hydrogen (secondary N) is 2. The summed E-state index contributed by atoms with van der Waals surface area (Å²) >= 11 is 0. The van der Waals surface area contributed by atoms with E-state index in [1.54, 1.807) is 18.3 Å². The molecule has 0 atom stereocenters. The lowest BCUT2D eigenvalue weighted by Gasteiger charge is -2.19. The second kappa shape index (κ2) is 11.2. The first-order valence-corrected chi connectivity index (χ1v) is 13.4. The molecule has 196 valence electrons. The number of hydrogen-bond acceptors (Lipinski definition) is 4. The van der Waals surface area contributed by atoms with Crippen LogP contribution in [0.5, 0.6) is 0 Å². The van der Waals surface area contributed by atoms with Crippen molar-refractivity contribution in [1.82, 2.24) is 4.98 Å². The summed E-state index contributed by atoms with van der Waals surface area (Å²) < 4.78 is 0. The fraction of sp³-hybridized carbons (Fsp3) is 0. The molecule has 0 saturated heterocycles. The number of benzene rings is 5. The summed E-state index contributed by atoms with van der Waals surface area (Å²) in [6, 6.07) is 39.2. The zero-order valence-corrected chi connectivity index (χ0v) is 22.4. The van der Waals surface area contributed by atoms with Crippen LogP contribution in [0.1, 0.15) is 5.56 Å². The molecule has 0 amide bonds. The van der Waals surface area contributed by atoms with E-state index in [1.807, 2.05) is 54.7 Å². The van der Waals surface area contributed by atoms with Gasteiger partial charge in [-0.2, -0.15) is 0 Å². The molecule has 0 fully saturated rings.